The molecule has 2 N–H and O–H groups in total. The van der Waals surface area contributed by atoms with Crippen LogP contribution in [0.15, 0.2) is 12.3 Å². The normalized spacial score (nSPS) is 4.43. The summed E-state index contributed by atoms with van der Waals surface area (Å²) in [6.45, 7) is 9.08. The average molecular weight is 138 g/mol. The summed E-state index contributed by atoms with van der Waals surface area (Å²) in [5.41, 5.74) is 5.58. The van der Waals surface area contributed by atoms with Gasteiger partial charge in [-0.2, -0.15) is 0 Å². The maximum absolute atomic E-state index is 4.92. The van der Waals surface area contributed by atoms with Crippen molar-refractivity contribution in [2.45, 2.75) is 20.8 Å². The van der Waals surface area contributed by atoms with Gasteiger partial charge in [0.1, 0.15) is 0 Å². The van der Waals surface area contributed by atoms with Gasteiger partial charge in [-0.3, -0.25) is 0 Å². The molecule has 0 aromatic heterocycles. The molecule has 0 spiro atoms. The third-order valence-corrected chi connectivity index (χ3v) is 0. The Balaban J connectivity index is -0.0000000480. The Hall–Kier alpha value is 0.124. The van der Waals surface area contributed by atoms with Gasteiger partial charge >= 0.3 is 0 Å². The minimum atomic E-state index is 0. The van der Waals surface area contributed by atoms with E-state index in [1.807, 2.05) is 13.8 Å². The molecule has 0 aromatic carbocycles. The van der Waals surface area contributed by atoms with Crippen LogP contribution < -0.4 is 5.73 Å². The largest absolute Gasteiger partial charge is 0.403 e. The van der Waals surface area contributed by atoms with Crippen molar-refractivity contribution in [2.75, 3.05) is 0 Å². The molecule has 1 nitrogen and oxygen atoms in total. The number of rotatable bonds is 0. The molecule has 0 saturated carbocycles. The van der Waals surface area contributed by atoms with Crippen molar-refractivity contribution in [3.05, 3.63) is 12.3 Å². The second kappa shape index (κ2) is 16.5. The van der Waals surface area contributed by atoms with E-state index in [4.69, 9.17) is 5.73 Å². The Labute approximate surface area is 57.9 Å². The van der Waals surface area contributed by atoms with E-state index in [0.29, 0.717) is 5.70 Å². The third kappa shape index (κ3) is 6730. The molecule has 0 rings (SSSR count). The molecule has 43 valence electrons. The molecule has 7 heavy (non-hydrogen) atoms. The van der Waals surface area contributed by atoms with Gasteiger partial charge in [-0.25, -0.2) is 0 Å². The van der Waals surface area contributed by atoms with Gasteiger partial charge in [0.05, 0.1) is 0 Å². The van der Waals surface area contributed by atoms with E-state index in [-0.39, 0.29) is 18.6 Å². The molecule has 0 fully saturated rings. The molecule has 0 heterocycles. The van der Waals surface area contributed by atoms with Crippen LogP contribution in [0.1, 0.15) is 20.8 Å². The Kier molecular flexibility index (Phi) is 37.0. The van der Waals surface area contributed by atoms with Crippen LogP contribution in [0.4, 0.5) is 0 Å². The van der Waals surface area contributed by atoms with Crippen molar-refractivity contribution in [2.24, 2.45) is 5.73 Å². The van der Waals surface area contributed by atoms with E-state index in [2.05, 4.69) is 6.58 Å². The van der Waals surface area contributed by atoms with Crippen molar-refractivity contribution in [3.8, 4) is 0 Å². The number of hydrogen-bond acceptors (Lipinski definition) is 1. The van der Waals surface area contributed by atoms with E-state index in [9.17, 15) is 0 Å². The predicted octanol–water partition coefficient (Wildman–Crippen LogP) is 1.50. The Morgan fingerprint density at radius 3 is 1.43 bits per heavy atom. The molecular formula is C5H13NV. The van der Waals surface area contributed by atoms with E-state index in [0.717, 1.165) is 0 Å². The van der Waals surface area contributed by atoms with Gasteiger partial charge in [0, 0.05) is 18.6 Å². The van der Waals surface area contributed by atoms with Crippen LogP contribution in [0.25, 0.3) is 0 Å². The summed E-state index contributed by atoms with van der Waals surface area (Å²) in [5.74, 6) is 0. The van der Waals surface area contributed by atoms with Crippen LogP contribution in [0, 0.1) is 0 Å². The topological polar surface area (TPSA) is 26.0 Å². The van der Waals surface area contributed by atoms with Crippen LogP contribution in [0.2, 0.25) is 0 Å². The molecule has 1 radical (unpaired) electrons. The first-order chi connectivity index (χ1) is 2.73. The minimum Gasteiger partial charge on any atom is -0.403 e. The van der Waals surface area contributed by atoms with Crippen LogP contribution in [0.5, 0.6) is 0 Å². The van der Waals surface area contributed by atoms with Gasteiger partial charge in [-0.05, 0) is 12.6 Å². The van der Waals surface area contributed by atoms with Crippen molar-refractivity contribution < 1.29 is 18.6 Å². The zero-order valence-electron chi connectivity index (χ0n) is 5.23. The summed E-state index contributed by atoms with van der Waals surface area (Å²) in [7, 11) is 0. The van der Waals surface area contributed by atoms with Crippen molar-refractivity contribution >= 4 is 0 Å². The van der Waals surface area contributed by atoms with Crippen LogP contribution in [-0.4, -0.2) is 0 Å². The van der Waals surface area contributed by atoms with Gasteiger partial charge in [0.25, 0.3) is 0 Å². The summed E-state index contributed by atoms with van der Waals surface area (Å²) in [5, 5.41) is 0. The molecule has 0 amide bonds. The Bertz CT molecular complexity index is 31.1. The van der Waals surface area contributed by atoms with E-state index in [1.165, 1.54) is 0 Å². The van der Waals surface area contributed by atoms with Gasteiger partial charge in [0.15, 0.2) is 0 Å². The van der Waals surface area contributed by atoms with Crippen LogP contribution in [0.3, 0.4) is 0 Å². The molecule has 2 heteroatoms. The summed E-state index contributed by atoms with van der Waals surface area (Å²) < 4.78 is 0. The molecular weight excluding hydrogens is 125 g/mol. The van der Waals surface area contributed by atoms with Crippen molar-refractivity contribution in [3.63, 3.8) is 0 Å². The smallest absolute Gasteiger partial charge is 0 e. The summed E-state index contributed by atoms with van der Waals surface area (Å²) in [4.78, 5) is 0. The number of nitrogens with two attached hydrogens (primary N) is 1. The summed E-state index contributed by atoms with van der Waals surface area (Å²) >= 11 is 0. The predicted molar refractivity (Wildman–Crippen MR) is 30.3 cm³/mol. The molecule has 0 saturated heterocycles. The Morgan fingerprint density at radius 1 is 1.43 bits per heavy atom. The maximum Gasteiger partial charge on any atom is 0 e. The first kappa shape index (κ1) is 15.7. The summed E-state index contributed by atoms with van der Waals surface area (Å²) in [6.07, 6.45) is 0. The SMILES string of the molecule is C=C(C)N.CC.[V]. The molecule has 0 atom stereocenters. The molecule has 0 aliphatic carbocycles. The zero-order valence-corrected chi connectivity index (χ0v) is 6.63. The number of allylic oxidation sites excluding steroid dienone is 1. The molecule has 0 aliphatic heterocycles. The first-order valence-electron chi connectivity index (χ1n) is 2.14. The van der Waals surface area contributed by atoms with Crippen LogP contribution in [-0.2, 0) is 18.6 Å². The van der Waals surface area contributed by atoms with Gasteiger partial charge in [0.2, 0.25) is 0 Å². The standard InChI is InChI=1S/C3H7N.C2H6.V/c1-3(2)4;1-2;/h1,4H2,2H3;1-2H3;. The van der Waals surface area contributed by atoms with E-state index < -0.39 is 0 Å². The van der Waals surface area contributed by atoms with Crippen molar-refractivity contribution in [1.29, 1.82) is 0 Å². The zero-order chi connectivity index (χ0) is 5.58. The molecule has 0 unspecified atom stereocenters. The first-order valence-corrected chi connectivity index (χ1v) is 2.14. The fourth-order valence-electron chi connectivity index (χ4n) is 0. The number of hydrogen-bond donors (Lipinski definition) is 1. The average Bonchev–Trinajstić information content (AvgIpc) is 1.41. The second-order valence-electron chi connectivity index (χ2n) is 0.846. The van der Waals surface area contributed by atoms with Gasteiger partial charge < -0.3 is 5.73 Å². The minimum absolute atomic E-state index is 0. The van der Waals surface area contributed by atoms with Crippen molar-refractivity contribution in [1.82, 2.24) is 0 Å². The molecule has 0 bridgehead atoms. The Morgan fingerprint density at radius 2 is 1.43 bits per heavy atom. The van der Waals surface area contributed by atoms with Crippen LogP contribution >= 0.6 is 0 Å². The fourth-order valence-corrected chi connectivity index (χ4v) is 0. The fraction of sp³-hybridized carbons (Fsp3) is 0.600. The van der Waals surface area contributed by atoms with E-state index in [1.54, 1.807) is 6.92 Å². The summed E-state index contributed by atoms with van der Waals surface area (Å²) in [6, 6.07) is 0. The van der Waals surface area contributed by atoms with Gasteiger partial charge in [-0.15, -0.1) is 0 Å². The van der Waals surface area contributed by atoms with Gasteiger partial charge in [-0.1, -0.05) is 20.4 Å². The quantitative estimate of drug-likeness (QED) is 0.539. The monoisotopic (exact) mass is 138 g/mol. The second-order valence-corrected chi connectivity index (χ2v) is 0.846. The maximum atomic E-state index is 4.92. The molecule has 0 aliphatic rings. The van der Waals surface area contributed by atoms with E-state index >= 15 is 0 Å². The third-order valence-electron chi connectivity index (χ3n) is 0. The molecule has 0 aromatic rings.